The van der Waals surface area contributed by atoms with Crippen molar-refractivity contribution in [1.82, 2.24) is 0 Å². The summed E-state index contributed by atoms with van der Waals surface area (Å²) in [7, 11) is 0. The molecule has 1 amide bonds. The topological polar surface area (TPSA) is 43.1 Å². The summed E-state index contributed by atoms with van der Waals surface area (Å²) in [4.78, 5) is 11.8. The van der Waals surface area contributed by atoms with Crippen LogP contribution in [-0.2, 0) is 4.79 Å². The molecule has 2 nitrogen and oxygen atoms in total. The first-order valence-corrected chi connectivity index (χ1v) is 20.1. The van der Waals surface area contributed by atoms with Gasteiger partial charge < -0.3 is 5.73 Å². The molecule has 2 N–H and O–H groups in total. The van der Waals surface area contributed by atoms with E-state index in [0.29, 0.717) is 11.5 Å². The number of hydrogen-bond acceptors (Lipinski definition) is 1. The Balaban J connectivity index is 3.58. The number of nitrogens with two attached hydrogens (primary N) is 1. The summed E-state index contributed by atoms with van der Waals surface area (Å²) in [6.07, 6.45) is 48.4. The van der Waals surface area contributed by atoms with Gasteiger partial charge in [-0.3, -0.25) is 4.79 Å². The zero-order valence-electron chi connectivity index (χ0n) is 30.0. The van der Waals surface area contributed by atoms with Gasteiger partial charge in [0.25, 0.3) is 0 Å². The molecular weight excluding hydrogens is 522 g/mol. The van der Waals surface area contributed by atoms with Crippen LogP contribution in [0.4, 0.5) is 0 Å². The van der Waals surface area contributed by atoms with Gasteiger partial charge in [0, 0.05) is 5.57 Å². The fourth-order valence-corrected chi connectivity index (χ4v) is 6.75. The van der Waals surface area contributed by atoms with Crippen LogP contribution in [0, 0.1) is 5.92 Å². The van der Waals surface area contributed by atoms with Crippen molar-refractivity contribution in [1.29, 1.82) is 0 Å². The number of carbonyl (C=O) groups is 1. The standard InChI is InChI=1S/C41H81NO/c1-4-6-8-10-12-14-16-18-20-22-24-26-28-30-32-34-36-38-40(39(3)41(42)43)37-35-33-31-29-27-25-23-21-19-17-15-13-11-9-7-5-2/h40H,3-38H2,1-2H3,(H2,42,43). The van der Waals surface area contributed by atoms with Crippen LogP contribution in [0.25, 0.3) is 0 Å². The molecule has 0 saturated heterocycles. The molecule has 0 fully saturated rings. The van der Waals surface area contributed by atoms with Crippen molar-refractivity contribution in [3.05, 3.63) is 12.2 Å². The fourth-order valence-electron chi connectivity index (χ4n) is 6.75. The van der Waals surface area contributed by atoms with E-state index in [1.165, 1.54) is 212 Å². The van der Waals surface area contributed by atoms with Crippen LogP contribution in [0.1, 0.15) is 239 Å². The van der Waals surface area contributed by atoms with E-state index in [4.69, 9.17) is 5.73 Å². The molecule has 0 bridgehead atoms. The van der Waals surface area contributed by atoms with Crippen molar-refractivity contribution >= 4 is 5.91 Å². The highest BCUT2D eigenvalue weighted by Crippen LogP contribution is 2.25. The van der Waals surface area contributed by atoms with E-state index in [1.807, 2.05) is 0 Å². The molecule has 2 heteroatoms. The Labute approximate surface area is 272 Å². The van der Waals surface area contributed by atoms with Gasteiger partial charge in [-0.25, -0.2) is 0 Å². The maximum absolute atomic E-state index is 11.8. The summed E-state index contributed by atoms with van der Waals surface area (Å²) in [5.74, 6) is 0.0222. The first-order valence-electron chi connectivity index (χ1n) is 20.1. The highest BCUT2D eigenvalue weighted by molar-refractivity contribution is 5.91. The Morgan fingerprint density at radius 3 is 0.767 bits per heavy atom. The first-order chi connectivity index (χ1) is 21.1. The second-order valence-electron chi connectivity index (χ2n) is 14.1. The van der Waals surface area contributed by atoms with Crippen LogP contribution in [0.3, 0.4) is 0 Å². The Hall–Kier alpha value is -0.790. The minimum atomic E-state index is -0.284. The molecule has 0 heterocycles. The summed E-state index contributed by atoms with van der Waals surface area (Å²) in [5.41, 5.74) is 6.30. The number of primary amides is 1. The van der Waals surface area contributed by atoms with Crippen LogP contribution in [0.15, 0.2) is 12.2 Å². The van der Waals surface area contributed by atoms with Crippen LogP contribution in [-0.4, -0.2) is 5.91 Å². The second-order valence-corrected chi connectivity index (χ2v) is 14.1. The lowest BCUT2D eigenvalue weighted by Gasteiger charge is -2.17. The summed E-state index contributed by atoms with van der Waals surface area (Å²) in [6, 6.07) is 0. The molecule has 0 aliphatic rings. The minimum Gasteiger partial charge on any atom is -0.366 e. The van der Waals surface area contributed by atoms with Crippen LogP contribution in [0.5, 0.6) is 0 Å². The normalized spacial score (nSPS) is 12.1. The fraction of sp³-hybridized carbons (Fsp3) is 0.927. The molecule has 1 atom stereocenters. The molecular formula is C41H81NO. The van der Waals surface area contributed by atoms with E-state index in [-0.39, 0.29) is 5.91 Å². The third-order valence-electron chi connectivity index (χ3n) is 9.87. The third-order valence-corrected chi connectivity index (χ3v) is 9.87. The maximum Gasteiger partial charge on any atom is 0.244 e. The quantitative estimate of drug-likeness (QED) is 0.0557. The molecule has 0 saturated carbocycles. The smallest absolute Gasteiger partial charge is 0.244 e. The Kier molecular flexibility index (Phi) is 35.0. The van der Waals surface area contributed by atoms with Gasteiger partial charge in [-0.2, -0.15) is 0 Å². The number of rotatable bonds is 37. The zero-order valence-corrected chi connectivity index (χ0v) is 30.0. The zero-order chi connectivity index (χ0) is 31.5. The van der Waals surface area contributed by atoms with Gasteiger partial charge in [0.2, 0.25) is 5.91 Å². The molecule has 0 aromatic rings. The van der Waals surface area contributed by atoms with E-state index in [0.717, 1.165) is 12.8 Å². The molecule has 43 heavy (non-hydrogen) atoms. The largest absolute Gasteiger partial charge is 0.366 e. The van der Waals surface area contributed by atoms with E-state index < -0.39 is 0 Å². The number of carbonyl (C=O) groups excluding carboxylic acids is 1. The minimum absolute atomic E-state index is 0.284. The first kappa shape index (κ1) is 42.2. The number of hydrogen-bond donors (Lipinski definition) is 1. The molecule has 256 valence electrons. The molecule has 0 aromatic carbocycles. The molecule has 0 aromatic heterocycles. The van der Waals surface area contributed by atoms with Gasteiger partial charge in [-0.1, -0.05) is 232 Å². The SMILES string of the molecule is C=C(C(N)=O)C(CCCCCCCCCCCCCCCCCC)CCCCCCCCCCCCCCCCCCC. The van der Waals surface area contributed by atoms with Gasteiger partial charge in [0.15, 0.2) is 0 Å². The van der Waals surface area contributed by atoms with E-state index >= 15 is 0 Å². The predicted molar refractivity (Wildman–Crippen MR) is 195 cm³/mol. The molecule has 0 aliphatic carbocycles. The van der Waals surface area contributed by atoms with Crippen molar-refractivity contribution in [3.8, 4) is 0 Å². The van der Waals surface area contributed by atoms with Crippen molar-refractivity contribution in [2.45, 2.75) is 239 Å². The van der Waals surface area contributed by atoms with Gasteiger partial charge in [-0.05, 0) is 18.8 Å². The van der Waals surface area contributed by atoms with E-state index in [9.17, 15) is 4.79 Å². The summed E-state index contributed by atoms with van der Waals surface area (Å²) < 4.78 is 0. The van der Waals surface area contributed by atoms with Crippen LogP contribution < -0.4 is 5.73 Å². The van der Waals surface area contributed by atoms with Crippen molar-refractivity contribution < 1.29 is 4.79 Å². The monoisotopic (exact) mass is 604 g/mol. The Bertz CT molecular complexity index is 570. The predicted octanol–water partition coefficient (Wildman–Crippen LogP) is 14.3. The molecule has 0 rings (SSSR count). The Morgan fingerprint density at radius 2 is 0.581 bits per heavy atom. The van der Waals surface area contributed by atoms with Gasteiger partial charge in [-0.15, -0.1) is 0 Å². The summed E-state index contributed by atoms with van der Waals surface area (Å²) >= 11 is 0. The third kappa shape index (κ3) is 32.4. The number of amides is 1. The lowest BCUT2D eigenvalue weighted by Crippen LogP contribution is -2.20. The van der Waals surface area contributed by atoms with E-state index in [2.05, 4.69) is 20.4 Å². The Morgan fingerprint density at radius 1 is 0.395 bits per heavy atom. The van der Waals surface area contributed by atoms with Crippen molar-refractivity contribution in [2.24, 2.45) is 11.7 Å². The van der Waals surface area contributed by atoms with Crippen molar-refractivity contribution in [2.75, 3.05) is 0 Å². The number of unbranched alkanes of at least 4 members (excludes halogenated alkanes) is 31. The average Bonchev–Trinajstić information content (AvgIpc) is 3.00. The van der Waals surface area contributed by atoms with E-state index in [1.54, 1.807) is 0 Å². The molecule has 0 spiro atoms. The maximum atomic E-state index is 11.8. The molecule has 0 radical (unpaired) electrons. The van der Waals surface area contributed by atoms with Gasteiger partial charge in [0.1, 0.15) is 0 Å². The van der Waals surface area contributed by atoms with Gasteiger partial charge >= 0.3 is 0 Å². The van der Waals surface area contributed by atoms with Crippen molar-refractivity contribution in [3.63, 3.8) is 0 Å². The van der Waals surface area contributed by atoms with Gasteiger partial charge in [0.05, 0.1) is 0 Å². The summed E-state index contributed by atoms with van der Waals surface area (Å²) in [5, 5.41) is 0. The molecule has 1 unspecified atom stereocenters. The highest BCUT2D eigenvalue weighted by Gasteiger charge is 2.16. The van der Waals surface area contributed by atoms with Crippen LogP contribution in [0.2, 0.25) is 0 Å². The average molecular weight is 604 g/mol. The molecule has 0 aliphatic heterocycles. The van der Waals surface area contributed by atoms with Crippen LogP contribution >= 0.6 is 0 Å². The lowest BCUT2D eigenvalue weighted by atomic mass is 9.88. The second kappa shape index (κ2) is 35.7. The lowest BCUT2D eigenvalue weighted by molar-refractivity contribution is -0.115. The summed E-state index contributed by atoms with van der Waals surface area (Å²) in [6.45, 7) is 8.66. The highest BCUT2D eigenvalue weighted by atomic mass is 16.1.